The standard InChI is InChI=1S/C16H18ClN3OS/c17-13-6-4-12(5-7-13)14-10-18-16(19-14)22-11-15(21)20-8-2-1-3-9-20/h4-7,10H,1-3,8-9,11H2,(H,18,19). The zero-order valence-electron chi connectivity index (χ0n) is 12.2. The molecule has 1 N–H and O–H groups in total. The number of hydrogen-bond acceptors (Lipinski definition) is 3. The zero-order chi connectivity index (χ0) is 15.4. The molecule has 1 aromatic heterocycles. The van der Waals surface area contributed by atoms with Gasteiger partial charge in [-0.2, -0.15) is 0 Å². The molecule has 1 aliphatic rings. The first-order valence-corrected chi connectivity index (χ1v) is 8.80. The van der Waals surface area contributed by atoms with Crippen LogP contribution >= 0.6 is 23.4 Å². The van der Waals surface area contributed by atoms with Crippen molar-refractivity contribution in [1.82, 2.24) is 14.9 Å². The number of hydrogen-bond donors (Lipinski definition) is 1. The van der Waals surface area contributed by atoms with Crippen LogP contribution in [-0.4, -0.2) is 39.6 Å². The predicted octanol–water partition coefficient (Wildman–Crippen LogP) is 3.83. The number of piperidine rings is 1. The summed E-state index contributed by atoms with van der Waals surface area (Å²) in [7, 11) is 0. The van der Waals surface area contributed by atoms with Gasteiger partial charge in [0.25, 0.3) is 0 Å². The Hall–Kier alpha value is -1.46. The molecule has 1 aliphatic heterocycles. The molecular formula is C16H18ClN3OS. The van der Waals surface area contributed by atoms with Gasteiger partial charge in [0, 0.05) is 18.1 Å². The lowest BCUT2D eigenvalue weighted by atomic mass is 10.1. The number of amides is 1. The van der Waals surface area contributed by atoms with Gasteiger partial charge >= 0.3 is 0 Å². The van der Waals surface area contributed by atoms with Crippen LogP contribution in [0, 0.1) is 0 Å². The normalized spacial score (nSPS) is 15.0. The van der Waals surface area contributed by atoms with E-state index in [9.17, 15) is 4.79 Å². The van der Waals surface area contributed by atoms with E-state index >= 15 is 0 Å². The molecule has 1 saturated heterocycles. The fourth-order valence-electron chi connectivity index (χ4n) is 2.52. The van der Waals surface area contributed by atoms with Crippen LogP contribution < -0.4 is 0 Å². The molecule has 4 nitrogen and oxygen atoms in total. The summed E-state index contributed by atoms with van der Waals surface area (Å²) in [5, 5.41) is 1.49. The summed E-state index contributed by atoms with van der Waals surface area (Å²) in [4.78, 5) is 21.7. The number of aromatic nitrogens is 2. The first-order valence-electron chi connectivity index (χ1n) is 7.44. The first-order chi connectivity index (χ1) is 10.7. The SMILES string of the molecule is O=C(CSc1ncc(-c2ccc(Cl)cc2)[nH]1)N1CCCCC1. The van der Waals surface area contributed by atoms with Gasteiger partial charge in [-0.25, -0.2) is 4.98 Å². The van der Waals surface area contributed by atoms with Gasteiger partial charge in [0.1, 0.15) is 0 Å². The Kier molecular flexibility index (Phi) is 5.05. The maximum absolute atomic E-state index is 12.1. The zero-order valence-corrected chi connectivity index (χ0v) is 13.8. The summed E-state index contributed by atoms with van der Waals surface area (Å²) in [5.41, 5.74) is 1.97. The molecule has 0 spiro atoms. The van der Waals surface area contributed by atoms with Gasteiger partial charge in [0.2, 0.25) is 5.91 Å². The van der Waals surface area contributed by atoms with Crippen molar-refractivity contribution in [2.75, 3.05) is 18.8 Å². The third-order valence-corrected chi connectivity index (χ3v) is 4.87. The highest BCUT2D eigenvalue weighted by Gasteiger charge is 2.17. The van der Waals surface area contributed by atoms with Crippen molar-refractivity contribution in [2.45, 2.75) is 24.4 Å². The number of carbonyl (C=O) groups excluding carboxylic acids is 1. The monoisotopic (exact) mass is 335 g/mol. The molecule has 0 radical (unpaired) electrons. The minimum absolute atomic E-state index is 0.203. The average molecular weight is 336 g/mol. The minimum atomic E-state index is 0.203. The Morgan fingerprint density at radius 2 is 1.95 bits per heavy atom. The molecule has 1 amide bonds. The highest BCUT2D eigenvalue weighted by molar-refractivity contribution is 7.99. The molecule has 2 heterocycles. The highest BCUT2D eigenvalue weighted by atomic mass is 35.5. The van der Waals surface area contributed by atoms with Crippen LogP contribution in [0.5, 0.6) is 0 Å². The van der Waals surface area contributed by atoms with Crippen LogP contribution in [0.1, 0.15) is 19.3 Å². The third-order valence-electron chi connectivity index (χ3n) is 3.75. The van der Waals surface area contributed by atoms with E-state index in [1.54, 1.807) is 6.20 Å². The van der Waals surface area contributed by atoms with E-state index in [0.717, 1.165) is 42.3 Å². The van der Waals surface area contributed by atoms with Crippen LogP contribution in [0.25, 0.3) is 11.3 Å². The van der Waals surface area contributed by atoms with E-state index in [1.807, 2.05) is 29.2 Å². The third kappa shape index (κ3) is 3.84. The number of nitrogens with one attached hydrogen (secondary N) is 1. The molecule has 1 aromatic carbocycles. The Morgan fingerprint density at radius 3 is 2.68 bits per heavy atom. The lowest BCUT2D eigenvalue weighted by Gasteiger charge is -2.26. The van der Waals surface area contributed by atoms with E-state index in [-0.39, 0.29) is 5.91 Å². The summed E-state index contributed by atoms with van der Waals surface area (Å²) in [6.45, 7) is 1.79. The summed E-state index contributed by atoms with van der Waals surface area (Å²) in [6, 6.07) is 7.60. The van der Waals surface area contributed by atoms with Crippen LogP contribution in [-0.2, 0) is 4.79 Å². The summed E-state index contributed by atoms with van der Waals surface area (Å²) in [6.07, 6.45) is 5.27. The van der Waals surface area contributed by atoms with Crippen molar-refractivity contribution in [3.63, 3.8) is 0 Å². The molecule has 0 saturated carbocycles. The molecule has 0 aliphatic carbocycles. The van der Waals surface area contributed by atoms with Gasteiger partial charge in [0.05, 0.1) is 17.6 Å². The second kappa shape index (κ2) is 7.20. The van der Waals surface area contributed by atoms with Gasteiger partial charge in [0.15, 0.2) is 5.16 Å². The van der Waals surface area contributed by atoms with E-state index in [2.05, 4.69) is 9.97 Å². The maximum atomic E-state index is 12.1. The number of carbonyl (C=O) groups is 1. The number of halogens is 1. The number of aromatic amines is 1. The minimum Gasteiger partial charge on any atom is -0.342 e. The van der Waals surface area contributed by atoms with Crippen molar-refractivity contribution >= 4 is 29.3 Å². The first kappa shape index (κ1) is 15.4. The van der Waals surface area contributed by atoms with Crippen LogP contribution in [0.15, 0.2) is 35.6 Å². The number of benzene rings is 1. The second-order valence-corrected chi connectivity index (χ2v) is 6.74. The quantitative estimate of drug-likeness (QED) is 0.864. The highest BCUT2D eigenvalue weighted by Crippen LogP contribution is 2.23. The molecule has 6 heteroatoms. The summed E-state index contributed by atoms with van der Waals surface area (Å²) in [5.74, 6) is 0.641. The van der Waals surface area contributed by atoms with E-state index < -0.39 is 0 Å². The smallest absolute Gasteiger partial charge is 0.233 e. The lowest BCUT2D eigenvalue weighted by Crippen LogP contribution is -2.36. The van der Waals surface area contributed by atoms with E-state index in [4.69, 9.17) is 11.6 Å². The topological polar surface area (TPSA) is 49.0 Å². The van der Waals surface area contributed by atoms with Crippen molar-refractivity contribution in [2.24, 2.45) is 0 Å². The molecule has 3 rings (SSSR count). The Bertz CT molecular complexity index is 635. The van der Waals surface area contributed by atoms with Gasteiger partial charge in [-0.05, 0) is 37.0 Å². The van der Waals surface area contributed by atoms with Crippen molar-refractivity contribution in [3.05, 3.63) is 35.5 Å². The van der Waals surface area contributed by atoms with Crippen LogP contribution in [0.3, 0.4) is 0 Å². The van der Waals surface area contributed by atoms with Crippen molar-refractivity contribution < 1.29 is 4.79 Å². The van der Waals surface area contributed by atoms with Crippen LogP contribution in [0.4, 0.5) is 0 Å². The molecule has 0 unspecified atom stereocenters. The van der Waals surface area contributed by atoms with E-state index in [0.29, 0.717) is 10.8 Å². The molecule has 2 aromatic rings. The fourth-order valence-corrected chi connectivity index (χ4v) is 3.40. The second-order valence-electron chi connectivity index (χ2n) is 5.34. The summed E-state index contributed by atoms with van der Waals surface area (Å²) < 4.78 is 0. The van der Waals surface area contributed by atoms with Gasteiger partial charge in [-0.1, -0.05) is 35.5 Å². The number of likely N-dealkylation sites (tertiary alicyclic amines) is 1. The molecule has 22 heavy (non-hydrogen) atoms. The van der Waals surface area contributed by atoms with Gasteiger partial charge in [-0.3, -0.25) is 4.79 Å². The Balaban J connectivity index is 1.57. The van der Waals surface area contributed by atoms with Gasteiger partial charge < -0.3 is 9.88 Å². The number of thioether (sulfide) groups is 1. The summed E-state index contributed by atoms with van der Waals surface area (Å²) >= 11 is 7.35. The average Bonchev–Trinajstić information content (AvgIpc) is 3.03. The molecule has 0 bridgehead atoms. The maximum Gasteiger partial charge on any atom is 0.233 e. The number of H-pyrrole nitrogens is 1. The lowest BCUT2D eigenvalue weighted by molar-refractivity contribution is -0.129. The largest absolute Gasteiger partial charge is 0.342 e. The molecular weight excluding hydrogens is 318 g/mol. The van der Waals surface area contributed by atoms with Crippen LogP contribution in [0.2, 0.25) is 5.02 Å². The molecule has 0 atom stereocenters. The number of imidazole rings is 1. The predicted molar refractivity (Wildman–Crippen MR) is 90.2 cm³/mol. The van der Waals surface area contributed by atoms with Crippen molar-refractivity contribution in [1.29, 1.82) is 0 Å². The van der Waals surface area contributed by atoms with Gasteiger partial charge in [-0.15, -0.1) is 0 Å². The number of rotatable bonds is 4. The van der Waals surface area contributed by atoms with Crippen molar-refractivity contribution in [3.8, 4) is 11.3 Å². The Morgan fingerprint density at radius 1 is 1.23 bits per heavy atom. The molecule has 116 valence electrons. The van der Waals surface area contributed by atoms with E-state index in [1.165, 1.54) is 18.2 Å². The Labute approximate surface area is 139 Å². The number of nitrogens with zero attached hydrogens (tertiary/aromatic N) is 2. The fraction of sp³-hybridized carbons (Fsp3) is 0.375. The molecule has 1 fully saturated rings.